The summed E-state index contributed by atoms with van der Waals surface area (Å²) in [6.07, 6.45) is 5.72. The molecule has 156 valence electrons. The first-order valence-corrected chi connectivity index (χ1v) is 10.6. The second kappa shape index (κ2) is 9.16. The predicted octanol–water partition coefficient (Wildman–Crippen LogP) is 3.55. The van der Waals surface area contributed by atoms with Crippen LogP contribution in [0.1, 0.15) is 24.0 Å². The minimum atomic E-state index is -0.315. The van der Waals surface area contributed by atoms with Crippen molar-refractivity contribution in [1.82, 2.24) is 10.2 Å². The second-order valence-electron chi connectivity index (χ2n) is 8.06. The first-order valence-electron chi connectivity index (χ1n) is 10.6. The average molecular weight is 405 g/mol. The molecule has 0 bridgehead atoms. The van der Waals surface area contributed by atoms with Crippen LogP contribution in [0.25, 0.3) is 0 Å². The number of rotatable bonds is 6. The van der Waals surface area contributed by atoms with Gasteiger partial charge in [0, 0.05) is 19.6 Å². The highest BCUT2D eigenvalue weighted by atomic mass is 16.5. The Balaban J connectivity index is 1.42. The summed E-state index contributed by atoms with van der Waals surface area (Å²) in [4.78, 5) is 28.3. The van der Waals surface area contributed by atoms with E-state index in [1.807, 2.05) is 59.5 Å². The number of nitrogens with one attached hydrogen (secondary N) is 1. The summed E-state index contributed by atoms with van der Waals surface area (Å²) < 4.78 is 5.18. The Bertz CT molecular complexity index is 908. The number of nitrogens with zero attached hydrogens (tertiary/aromatic N) is 1. The van der Waals surface area contributed by atoms with Crippen molar-refractivity contribution >= 4 is 11.8 Å². The third kappa shape index (κ3) is 4.40. The molecule has 1 heterocycles. The molecule has 2 aliphatic rings. The highest BCUT2D eigenvalue weighted by Gasteiger charge is 2.44. The molecule has 0 saturated carbocycles. The number of methoxy groups -OCH3 is 1. The summed E-state index contributed by atoms with van der Waals surface area (Å²) in [6.45, 7) is 1.79. The standard InChI is InChI=1S/C25H28N2O3/c1-30-21-12-10-18(11-13-21)16-26-24(28)22-9-5-8-20-14-15-27(25(29)23(20)22)17-19-6-3-2-4-7-19/h2-8,10-13,20,22-23H,9,14-17H2,1H3,(H,26,28)/t20-,22?,23+/m1/s1. The van der Waals surface area contributed by atoms with Crippen molar-refractivity contribution in [2.75, 3.05) is 13.7 Å². The van der Waals surface area contributed by atoms with Gasteiger partial charge in [-0.3, -0.25) is 9.59 Å². The van der Waals surface area contributed by atoms with Gasteiger partial charge < -0.3 is 15.0 Å². The van der Waals surface area contributed by atoms with Gasteiger partial charge in [-0.1, -0.05) is 54.6 Å². The van der Waals surface area contributed by atoms with E-state index in [9.17, 15) is 9.59 Å². The van der Waals surface area contributed by atoms with Crippen LogP contribution in [0.5, 0.6) is 5.75 Å². The molecule has 0 aromatic heterocycles. The Morgan fingerprint density at radius 2 is 1.87 bits per heavy atom. The Morgan fingerprint density at radius 3 is 2.60 bits per heavy atom. The van der Waals surface area contributed by atoms with Gasteiger partial charge in [0.1, 0.15) is 5.75 Å². The summed E-state index contributed by atoms with van der Waals surface area (Å²) in [5.74, 6) is 0.406. The number of carbonyl (C=O) groups excluding carboxylic acids is 2. The number of amides is 2. The van der Waals surface area contributed by atoms with Crippen LogP contribution in [0.4, 0.5) is 0 Å². The molecule has 0 spiro atoms. The molecule has 5 heteroatoms. The molecular weight excluding hydrogens is 376 g/mol. The van der Waals surface area contributed by atoms with Crippen molar-refractivity contribution in [2.24, 2.45) is 17.8 Å². The largest absolute Gasteiger partial charge is 0.497 e. The Hall–Kier alpha value is -3.08. The lowest BCUT2D eigenvalue weighted by Crippen LogP contribution is -2.51. The Morgan fingerprint density at radius 1 is 1.10 bits per heavy atom. The number of benzene rings is 2. The summed E-state index contributed by atoms with van der Waals surface area (Å²) in [5, 5.41) is 3.04. The van der Waals surface area contributed by atoms with Gasteiger partial charge in [0.15, 0.2) is 0 Å². The fraction of sp³-hybridized carbons (Fsp3) is 0.360. The molecular formula is C25H28N2O3. The lowest BCUT2D eigenvalue weighted by molar-refractivity contribution is -0.148. The minimum absolute atomic E-state index is 0.0416. The van der Waals surface area contributed by atoms with E-state index in [4.69, 9.17) is 4.74 Å². The van der Waals surface area contributed by atoms with E-state index in [2.05, 4.69) is 17.5 Å². The molecule has 1 fully saturated rings. The maximum absolute atomic E-state index is 13.3. The van der Waals surface area contributed by atoms with Crippen LogP contribution in [0, 0.1) is 17.8 Å². The van der Waals surface area contributed by atoms with Crippen LogP contribution in [-0.4, -0.2) is 30.4 Å². The van der Waals surface area contributed by atoms with Crippen LogP contribution in [0.3, 0.4) is 0 Å². The fourth-order valence-corrected chi connectivity index (χ4v) is 4.52. The lowest BCUT2D eigenvalue weighted by Gasteiger charge is -2.41. The van der Waals surface area contributed by atoms with E-state index < -0.39 is 0 Å². The SMILES string of the molecule is COc1ccc(CNC(=O)C2CC=C[C@@H]3CCN(Cc4ccccc4)C(=O)[C@H]23)cc1. The molecule has 3 atom stereocenters. The number of carbonyl (C=O) groups is 2. The number of allylic oxidation sites excluding steroid dienone is 2. The van der Waals surface area contributed by atoms with Gasteiger partial charge in [-0.15, -0.1) is 0 Å². The lowest BCUT2D eigenvalue weighted by atomic mass is 9.71. The zero-order valence-corrected chi connectivity index (χ0v) is 17.3. The smallest absolute Gasteiger partial charge is 0.227 e. The summed E-state index contributed by atoms with van der Waals surface area (Å²) in [7, 11) is 1.63. The van der Waals surface area contributed by atoms with Gasteiger partial charge in [-0.2, -0.15) is 0 Å². The molecule has 1 unspecified atom stereocenters. The van der Waals surface area contributed by atoms with Crippen molar-refractivity contribution in [3.05, 3.63) is 77.9 Å². The van der Waals surface area contributed by atoms with Crippen LogP contribution in [0.2, 0.25) is 0 Å². The van der Waals surface area contributed by atoms with E-state index in [0.29, 0.717) is 19.5 Å². The van der Waals surface area contributed by atoms with E-state index in [0.717, 1.165) is 29.8 Å². The second-order valence-corrected chi connectivity index (χ2v) is 8.06. The first kappa shape index (κ1) is 20.2. The van der Waals surface area contributed by atoms with E-state index >= 15 is 0 Å². The molecule has 2 aromatic carbocycles. The third-order valence-electron chi connectivity index (χ3n) is 6.18. The van der Waals surface area contributed by atoms with Gasteiger partial charge in [0.25, 0.3) is 0 Å². The molecule has 30 heavy (non-hydrogen) atoms. The molecule has 2 amide bonds. The molecule has 2 aromatic rings. The van der Waals surface area contributed by atoms with Crippen LogP contribution in [-0.2, 0) is 22.7 Å². The van der Waals surface area contributed by atoms with E-state index in [1.54, 1.807) is 7.11 Å². The summed E-state index contributed by atoms with van der Waals surface area (Å²) in [6, 6.07) is 17.7. The van der Waals surface area contributed by atoms with Crippen molar-refractivity contribution in [3.8, 4) is 5.75 Å². The maximum Gasteiger partial charge on any atom is 0.227 e. The molecule has 1 aliphatic carbocycles. The molecule has 5 nitrogen and oxygen atoms in total. The molecule has 1 aliphatic heterocycles. The van der Waals surface area contributed by atoms with Gasteiger partial charge in [0.2, 0.25) is 11.8 Å². The van der Waals surface area contributed by atoms with Crippen LogP contribution < -0.4 is 10.1 Å². The predicted molar refractivity (Wildman–Crippen MR) is 116 cm³/mol. The number of ether oxygens (including phenoxy) is 1. The van der Waals surface area contributed by atoms with Gasteiger partial charge >= 0.3 is 0 Å². The number of piperidine rings is 1. The van der Waals surface area contributed by atoms with E-state index in [-0.39, 0.29) is 29.6 Å². The van der Waals surface area contributed by atoms with Gasteiger partial charge in [0.05, 0.1) is 18.9 Å². The topological polar surface area (TPSA) is 58.6 Å². The normalized spacial score (nSPS) is 23.0. The fourth-order valence-electron chi connectivity index (χ4n) is 4.52. The molecule has 4 rings (SSSR count). The van der Waals surface area contributed by atoms with Crippen molar-refractivity contribution in [2.45, 2.75) is 25.9 Å². The number of hydrogen-bond acceptors (Lipinski definition) is 3. The average Bonchev–Trinajstić information content (AvgIpc) is 2.80. The molecule has 0 radical (unpaired) electrons. The zero-order valence-electron chi connectivity index (χ0n) is 17.3. The van der Waals surface area contributed by atoms with Crippen molar-refractivity contribution < 1.29 is 14.3 Å². The van der Waals surface area contributed by atoms with Crippen molar-refractivity contribution in [1.29, 1.82) is 0 Å². The molecule has 1 saturated heterocycles. The first-order chi connectivity index (χ1) is 14.7. The minimum Gasteiger partial charge on any atom is -0.497 e. The third-order valence-corrected chi connectivity index (χ3v) is 6.18. The molecule has 1 N–H and O–H groups in total. The highest BCUT2D eigenvalue weighted by Crippen LogP contribution is 2.38. The summed E-state index contributed by atoms with van der Waals surface area (Å²) in [5.41, 5.74) is 2.13. The van der Waals surface area contributed by atoms with Crippen LogP contribution >= 0.6 is 0 Å². The van der Waals surface area contributed by atoms with Gasteiger partial charge in [-0.25, -0.2) is 0 Å². The summed E-state index contributed by atoms with van der Waals surface area (Å²) >= 11 is 0. The Kier molecular flexibility index (Phi) is 6.17. The monoisotopic (exact) mass is 404 g/mol. The zero-order chi connectivity index (χ0) is 20.9. The number of fused-ring (bicyclic) bond motifs is 1. The quantitative estimate of drug-likeness (QED) is 0.749. The van der Waals surface area contributed by atoms with Crippen LogP contribution in [0.15, 0.2) is 66.7 Å². The number of likely N-dealkylation sites (tertiary alicyclic amines) is 1. The Labute approximate surface area is 177 Å². The maximum atomic E-state index is 13.3. The van der Waals surface area contributed by atoms with Gasteiger partial charge in [-0.05, 0) is 42.0 Å². The highest BCUT2D eigenvalue weighted by molar-refractivity contribution is 5.89. The number of hydrogen-bond donors (Lipinski definition) is 1. The van der Waals surface area contributed by atoms with E-state index in [1.165, 1.54) is 0 Å². The van der Waals surface area contributed by atoms with Crippen molar-refractivity contribution in [3.63, 3.8) is 0 Å².